The maximum atomic E-state index is 4.31. The normalized spacial score (nSPS) is 11.8. The first-order valence-electron chi connectivity index (χ1n) is 6.92. The minimum atomic E-state index is 0.143. The van der Waals surface area contributed by atoms with Gasteiger partial charge in [0.15, 0.2) is 0 Å². The van der Waals surface area contributed by atoms with Gasteiger partial charge in [-0.1, -0.05) is 53.1 Å². The Morgan fingerprint density at radius 3 is 2.52 bits per heavy atom. The average Bonchev–Trinajstić information content (AvgIpc) is 3.11. The second-order valence-electron chi connectivity index (χ2n) is 4.69. The number of aromatic nitrogens is 4. The van der Waals surface area contributed by atoms with E-state index in [1.165, 1.54) is 5.56 Å². The number of hydrogen-bond donors (Lipinski definition) is 2. The van der Waals surface area contributed by atoms with Gasteiger partial charge in [0.05, 0.1) is 5.69 Å². The zero-order valence-corrected chi connectivity index (χ0v) is 12.4. The number of hydrazone groups is 1. The molecule has 0 spiro atoms. The molecule has 0 atom stereocenters. The van der Waals surface area contributed by atoms with Gasteiger partial charge in [0.1, 0.15) is 0 Å². The smallest absolute Gasteiger partial charge is 0.276 e. The lowest BCUT2D eigenvalue weighted by Gasteiger charge is -2.03. The number of nitrogens with one attached hydrogen (secondary N) is 2. The van der Waals surface area contributed by atoms with Crippen LogP contribution >= 0.6 is 0 Å². The van der Waals surface area contributed by atoms with E-state index in [0.717, 1.165) is 11.3 Å². The first kappa shape index (κ1) is 14.5. The summed E-state index contributed by atoms with van der Waals surface area (Å²) in [4.78, 5) is 0. The summed E-state index contributed by atoms with van der Waals surface area (Å²) in [7, 11) is 0. The fourth-order valence-electron chi connectivity index (χ4n) is 1.77. The van der Waals surface area contributed by atoms with E-state index in [2.05, 4.69) is 41.4 Å². The number of H-pyrrole nitrogens is 1. The number of azo groups is 1. The molecule has 0 aliphatic carbocycles. The highest BCUT2D eigenvalue weighted by atomic mass is 15.5. The summed E-state index contributed by atoms with van der Waals surface area (Å²) in [6, 6.07) is 17.4. The van der Waals surface area contributed by atoms with Gasteiger partial charge in [-0.15, -0.1) is 15.3 Å². The van der Waals surface area contributed by atoms with Crippen LogP contribution in [-0.2, 0) is 0 Å². The van der Waals surface area contributed by atoms with Crippen molar-refractivity contribution < 1.29 is 0 Å². The molecule has 2 aromatic carbocycles. The molecule has 0 radical (unpaired) electrons. The van der Waals surface area contributed by atoms with Crippen LogP contribution in [0.3, 0.4) is 0 Å². The van der Waals surface area contributed by atoms with Crippen molar-refractivity contribution in [2.24, 2.45) is 15.3 Å². The Morgan fingerprint density at radius 2 is 1.83 bits per heavy atom. The van der Waals surface area contributed by atoms with Gasteiger partial charge in [-0.3, -0.25) is 5.43 Å². The third kappa shape index (κ3) is 4.03. The number of rotatable bonds is 4. The van der Waals surface area contributed by atoms with Crippen molar-refractivity contribution in [3.8, 4) is 0 Å². The lowest BCUT2D eigenvalue weighted by Crippen LogP contribution is -2.01. The Kier molecular flexibility index (Phi) is 4.44. The van der Waals surface area contributed by atoms with Crippen LogP contribution in [0, 0.1) is 6.92 Å². The molecule has 0 saturated carbocycles. The van der Waals surface area contributed by atoms with Crippen LogP contribution in [0.2, 0.25) is 0 Å². The third-order valence-electron chi connectivity index (χ3n) is 2.94. The van der Waals surface area contributed by atoms with Crippen molar-refractivity contribution in [1.82, 2.24) is 20.6 Å². The highest BCUT2D eigenvalue weighted by molar-refractivity contribution is 5.99. The van der Waals surface area contributed by atoms with E-state index in [0.29, 0.717) is 5.84 Å². The molecule has 0 amide bonds. The Bertz CT molecular complexity index is 791. The molecule has 114 valence electrons. The van der Waals surface area contributed by atoms with E-state index in [1.54, 1.807) is 0 Å². The van der Waals surface area contributed by atoms with E-state index in [9.17, 15) is 0 Å². The largest absolute Gasteiger partial charge is 0.307 e. The predicted octanol–water partition coefficient (Wildman–Crippen LogP) is 3.07. The van der Waals surface area contributed by atoms with Crippen LogP contribution in [0.25, 0.3) is 0 Å². The summed E-state index contributed by atoms with van der Waals surface area (Å²) in [6.07, 6.45) is 0. The molecular formula is C15H14N8. The number of hydrogen-bond acceptors (Lipinski definition) is 6. The molecule has 0 fully saturated rings. The molecular weight excluding hydrogens is 292 g/mol. The molecule has 2 N–H and O–H groups in total. The van der Waals surface area contributed by atoms with Gasteiger partial charge in [-0.05, 0) is 24.3 Å². The highest BCUT2D eigenvalue weighted by Crippen LogP contribution is 2.11. The summed E-state index contributed by atoms with van der Waals surface area (Å²) in [6.45, 7) is 2.03. The van der Waals surface area contributed by atoms with Gasteiger partial charge in [0, 0.05) is 5.56 Å². The van der Waals surface area contributed by atoms with Gasteiger partial charge in [-0.25, -0.2) is 0 Å². The van der Waals surface area contributed by atoms with E-state index in [-0.39, 0.29) is 5.95 Å². The first-order chi connectivity index (χ1) is 11.3. The van der Waals surface area contributed by atoms with Gasteiger partial charge in [0.25, 0.3) is 0 Å². The molecule has 8 nitrogen and oxygen atoms in total. The Balaban J connectivity index is 1.85. The summed E-state index contributed by atoms with van der Waals surface area (Å²) in [5.41, 5.74) is 5.83. The van der Waals surface area contributed by atoms with E-state index >= 15 is 0 Å². The van der Waals surface area contributed by atoms with Gasteiger partial charge in [0.2, 0.25) is 5.84 Å². The van der Waals surface area contributed by atoms with Crippen LogP contribution in [-0.4, -0.2) is 26.5 Å². The minimum absolute atomic E-state index is 0.143. The van der Waals surface area contributed by atoms with Crippen molar-refractivity contribution in [3.63, 3.8) is 0 Å². The summed E-state index contributed by atoms with van der Waals surface area (Å²) < 4.78 is 0. The minimum Gasteiger partial charge on any atom is -0.276 e. The lowest BCUT2D eigenvalue weighted by atomic mass is 10.2. The summed E-state index contributed by atoms with van der Waals surface area (Å²) in [5, 5.41) is 25.5. The number of nitrogens with zero attached hydrogens (tertiary/aromatic N) is 6. The molecule has 0 unspecified atom stereocenters. The van der Waals surface area contributed by atoms with Crippen LogP contribution in [0.4, 0.5) is 11.6 Å². The third-order valence-corrected chi connectivity index (χ3v) is 2.94. The Labute approximate surface area is 132 Å². The number of anilines is 1. The monoisotopic (exact) mass is 306 g/mol. The van der Waals surface area contributed by atoms with Crippen molar-refractivity contribution in [2.45, 2.75) is 6.92 Å². The fourth-order valence-corrected chi connectivity index (χ4v) is 1.77. The zero-order chi connectivity index (χ0) is 15.9. The van der Waals surface area contributed by atoms with Crippen molar-refractivity contribution in [1.29, 1.82) is 0 Å². The maximum absolute atomic E-state index is 4.31. The highest BCUT2D eigenvalue weighted by Gasteiger charge is 2.03. The van der Waals surface area contributed by atoms with Crippen molar-refractivity contribution >= 4 is 17.5 Å². The van der Waals surface area contributed by atoms with Crippen LogP contribution in [0.5, 0.6) is 0 Å². The topological polar surface area (TPSA) is 104 Å². The summed E-state index contributed by atoms with van der Waals surface area (Å²) in [5.74, 6) is 0.556. The Morgan fingerprint density at radius 1 is 1.04 bits per heavy atom. The maximum Gasteiger partial charge on any atom is 0.307 e. The molecule has 0 aliphatic rings. The number of amidine groups is 1. The molecule has 1 aromatic heterocycles. The Hall–Kier alpha value is -3.42. The first-order valence-corrected chi connectivity index (χ1v) is 6.92. The van der Waals surface area contributed by atoms with E-state index in [1.807, 2.05) is 61.5 Å². The molecule has 3 rings (SSSR count). The van der Waals surface area contributed by atoms with Crippen molar-refractivity contribution in [3.05, 3.63) is 65.7 Å². The van der Waals surface area contributed by atoms with Crippen LogP contribution < -0.4 is 5.43 Å². The molecule has 3 aromatic rings. The zero-order valence-electron chi connectivity index (χ0n) is 12.4. The number of aromatic amines is 1. The molecule has 0 bridgehead atoms. The summed E-state index contributed by atoms with van der Waals surface area (Å²) >= 11 is 0. The molecule has 1 heterocycles. The van der Waals surface area contributed by atoms with Crippen LogP contribution in [0.1, 0.15) is 11.1 Å². The second kappa shape index (κ2) is 7.03. The molecule has 8 heteroatoms. The fraction of sp³-hybridized carbons (Fsp3) is 0.0667. The predicted molar refractivity (Wildman–Crippen MR) is 86.5 cm³/mol. The SMILES string of the molecule is Cc1ccc(N/N=C(/N=Nc2nn[nH]n2)c2ccccc2)cc1. The number of tetrazole rings is 1. The van der Waals surface area contributed by atoms with E-state index in [4.69, 9.17) is 0 Å². The number of benzene rings is 2. The van der Waals surface area contributed by atoms with E-state index < -0.39 is 0 Å². The van der Waals surface area contributed by atoms with Gasteiger partial charge >= 0.3 is 5.95 Å². The molecule has 0 saturated heterocycles. The van der Waals surface area contributed by atoms with Crippen molar-refractivity contribution in [2.75, 3.05) is 5.43 Å². The standard InChI is InChI=1S/C15H14N8/c1-11-7-9-13(10-8-11)16-17-14(12-5-3-2-4-6-12)18-19-15-20-22-23-21-15/h2-10,16H,1H3,(H,20,21,22,23)/b17-14+,19-18?. The number of aryl methyl sites for hydroxylation is 1. The van der Waals surface area contributed by atoms with Crippen LogP contribution in [0.15, 0.2) is 69.9 Å². The lowest BCUT2D eigenvalue weighted by molar-refractivity contribution is 0.881. The second-order valence-corrected chi connectivity index (χ2v) is 4.69. The van der Waals surface area contributed by atoms with Gasteiger partial charge < -0.3 is 0 Å². The van der Waals surface area contributed by atoms with Gasteiger partial charge in [-0.2, -0.15) is 10.3 Å². The average molecular weight is 306 g/mol. The molecule has 23 heavy (non-hydrogen) atoms. The molecule has 0 aliphatic heterocycles. The quantitative estimate of drug-likeness (QED) is 0.334.